The first-order valence-electron chi connectivity index (χ1n) is 5.06. The SMILES string of the molecule is CC(C)n1c(C(F)(F)F)nc2c(=O)[nH]c(N)nc21. The van der Waals surface area contributed by atoms with Crippen LogP contribution in [-0.2, 0) is 6.18 Å². The Bertz CT molecular complexity index is 654. The summed E-state index contributed by atoms with van der Waals surface area (Å²) in [6.07, 6.45) is -4.66. The molecule has 0 aromatic carbocycles. The first-order valence-corrected chi connectivity index (χ1v) is 5.06. The van der Waals surface area contributed by atoms with Crippen LogP contribution in [0.25, 0.3) is 11.2 Å². The second kappa shape index (κ2) is 3.72. The number of nitrogens with one attached hydrogen (secondary N) is 1. The molecule has 2 aromatic rings. The van der Waals surface area contributed by atoms with Gasteiger partial charge in [-0.25, -0.2) is 4.98 Å². The summed E-state index contributed by atoms with van der Waals surface area (Å²) >= 11 is 0. The number of fused-ring (bicyclic) bond motifs is 1. The molecule has 18 heavy (non-hydrogen) atoms. The van der Waals surface area contributed by atoms with E-state index in [0.29, 0.717) is 0 Å². The Morgan fingerprint density at radius 1 is 1.33 bits per heavy atom. The van der Waals surface area contributed by atoms with E-state index in [1.807, 2.05) is 0 Å². The lowest BCUT2D eigenvalue weighted by atomic mass is 10.3. The molecule has 0 aliphatic rings. The Morgan fingerprint density at radius 2 is 1.94 bits per heavy atom. The zero-order chi connectivity index (χ0) is 13.7. The van der Waals surface area contributed by atoms with Gasteiger partial charge in [0.15, 0.2) is 11.2 Å². The van der Waals surface area contributed by atoms with Crippen molar-refractivity contribution in [3.63, 3.8) is 0 Å². The van der Waals surface area contributed by atoms with Gasteiger partial charge in [-0.1, -0.05) is 0 Å². The number of imidazole rings is 1. The maximum absolute atomic E-state index is 12.8. The molecule has 6 nitrogen and oxygen atoms in total. The molecule has 2 heterocycles. The average molecular weight is 261 g/mol. The summed E-state index contributed by atoms with van der Waals surface area (Å²) in [4.78, 5) is 20.6. The van der Waals surface area contributed by atoms with Crippen LogP contribution >= 0.6 is 0 Å². The van der Waals surface area contributed by atoms with Crippen LogP contribution in [0.3, 0.4) is 0 Å². The van der Waals surface area contributed by atoms with Crippen molar-refractivity contribution in [2.45, 2.75) is 26.1 Å². The molecule has 0 aliphatic carbocycles. The number of nitrogens with two attached hydrogens (primary N) is 1. The average Bonchev–Trinajstić information content (AvgIpc) is 2.55. The molecule has 0 aliphatic heterocycles. The number of aromatic nitrogens is 4. The second-order valence-corrected chi connectivity index (χ2v) is 4.02. The van der Waals surface area contributed by atoms with E-state index >= 15 is 0 Å². The van der Waals surface area contributed by atoms with Gasteiger partial charge in [-0.2, -0.15) is 18.2 Å². The van der Waals surface area contributed by atoms with Gasteiger partial charge < -0.3 is 10.3 Å². The van der Waals surface area contributed by atoms with Crippen molar-refractivity contribution in [2.24, 2.45) is 0 Å². The number of H-pyrrole nitrogens is 1. The fourth-order valence-electron chi connectivity index (χ4n) is 1.69. The lowest BCUT2D eigenvalue weighted by molar-refractivity contribution is -0.147. The van der Waals surface area contributed by atoms with Crippen LogP contribution < -0.4 is 11.3 Å². The Balaban J connectivity index is 2.93. The van der Waals surface area contributed by atoms with Gasteiger partial charge in [-0.05, 0) is 13.8 Å². The first-order chi connectivity index (χ1) is 8.21. The summed E-state index contributed by atoms with van der Waals surface area (Å²) in [5.41, 5.74) is 4.00. The van der Waals surface area contributed by atoms with Crippen molar-refractivity contribution in [3.05, 3.63) is 16.2 Å². The van der Waals surface area contributed by atoms with Gasteiger partial charge in [0.1, 0.15) is 0 Å². The molecule has 3 N–H and O–H groups in total. The normalized spacial score (nSPS) is 12.6. The number of rotatable bonds is 1. The Labute approximate surface area is 98.6 Å². The van der Waals surface area contributed by atoms with Crippen molar-refractivity contribution >= 4 is 17.1 Å². The van der Waals surface area contributed by atoms with E-state index in [1.54, 1.807) is 0 Å². The number of halogens is 3. The minimum atomic E-state index is -4.66. The number of aromatic amines is 1. The third-order valence-corrected chi connectivity index (χ3v) is 2.34. The summed E-state index contributed by atoms with van der Waals surface area (Å²) in [5, 5.41) is 0. The van der Waals surface area contributed by atoms with Gasteiger partial charge in [0.2, 0.25) is 11.8 Å². The molecule has 0 saturated carbocycles. The predicted octanol–water partition coefficient (Wildman–Crippen LogP) is 1.30. The van der Waals surface area contributed by atoms with Crippen LogP contribution in [-0.4, -0.2) is 19.5 Å². The van der Waals surface area contributed by atoms with Crippen LogP contribution in [0.15, 0.2) is 4.79 Å². The van der Waals surface area contributed by atoms with Crippen molar-refractivity contribution in [1.29, 1.82) is 0 Å². The lowest BCUT2D eigenvalue weighted by Gasteiger charge is -2.13. The fraction of sp³-hybridized carbons (Fsp3) is 0.444. The number of hydrogen-bond acceptors (Lipinski definition) is 4. The highest BCUT2D eigenvalue weighted by Gasteiger charge is 2.39. The number of nitrogen functional groups attached to an aromatic ring is 1. The molecule has 0 spiro atoms. The summed E-state index contributed by atoms with van der Waals surface area (Å²) in [6.45, 7) is 3.07. The number of anilines is 1. The summed E-state index contributed by atoms with van der Waals surface area (Å²) in [5.74, 6) is -1.40. The van der Waals surface area contributed by atoms with Crippen molar-refractivity contribution in [3.8, 4) is 0 Å². The van der Waals surface area contributed by atoms with Crippen molar-refractivity contribution in [2.75, 3.05) is 5.73 Å². The molecule has 9 heteroatoms. The smallest absolute Gasteiger partial charge is 0.369 e. The highest BCUT2D eigenvalue weighted by atomic mass is 19.4. The molecule has 0 bridgehead atoms. The second-order valence-electron chi connectivity index (χ2n) is 4.02. The molecule has 0 amide bonds. The number of alkyl halides is 3. The zero-order valence-corrected chi connectivity index (χ0v) is 9.54. The van der Waals surface area contributed by atoms with E-state index < -0.39 is 23.6 Å². The Hall–Kier alpha value is -2.06. The molecule has 0 radical (unpaired) electrons. The molecule has 0 unspecified atom stereocenters. The van der Waals surface area contributed by atoms with Crippen molar-refractivity contribution in [1.82, 2.24) is 19.5 Å². The van der Waals surface area contributed by atoms with Gasteiger partial charge in [0.05, 0.1) is 0 Å². The van der Waals surface area contributed by atoms with Crippen molar-refractivity contribution < 1.29 is 13.2 Å². The molecular weight excluding hydrogens is 251 g/mol. The zero-order valence-electron chi connectivity index (χ0n) is 9.54. The topological polar surface area (TPSA) is 89.6 Å². The third-order valence-electron chi connectivity index (χ3n) is 2.34. The highest BCUT2D eigenvalue weighted by molar-refractivity contribution is 5.71. The maximum atomic E-state index is 12.8. The van der Waals surface area contributed by atoms with Gasteiger partial charge in [0.25, 0.3) is 5.56 Å². The predicted molar refractivity (Wildman–Crippen MR) is 57.9 cm³/mol. The minimum Gasteiger partial charge on any atom is -0.369 e. The molecule has 98 valence electrons. The largest absolute Gasteiger partial charge is 0.449 e. The molecule has 0 saturated heterocycles. The Kier molecular flexibility index (Phi) is 2.56. The molecule has 2 rings (SSSR count). The van der Waals surface area contributed by atoms with E-state index in [0.717, 1.165) is 4.57 Å². The lowest BCUT2D eigenvalue weighted by Crippen LogP contribution is -2.17. The quantitative estimate of drug-likeness (QED) is 0.809. The molecule has 0 fully saturated rings. The van der Waals surface area contributed by atoms with Crippen LogP contribution in [0.4, 0.5) is 19.1 Å². The van der Waals surface area contributed by atoms with Gasteiger partial charge in [-0.15, -0.1) is 0 Å². The van der Waals surface area contributed by atoms with Crippen LogP contribution in [0, 0.1) is 0 Å². The van der Waals surface area contributed by atoms with E-state index in [-0.39, 0.29) is 17.1 Å². The standard InChI is InChI=1S/C9H10F3N5O/c1-3(2)17-5-4(6(18)16-8(13)15-5)14-7(17)9(10,11)12/h3H,1-2H3,(H3,13,15,16,18). The molecule has 2 aromatic heterocycles. The number of nitrogens with zero attached hydrogens (tertiary/aromatic N) is 3. The van der Waals surface area contributed by atoms with E-state index in [1.165, 1.54) is 13.8 Å². The Morgan fingerprint density at radius 3 is 2.44 bits per heavy atom. The van der Waals surface area contributed by atoms with Gasteiger partial charge >= 0.3 is 6.18 Å². The molecular formula is C9H10F3N5O. The van der Waals surface area contributed by atoms with E-state index in [4.69, 9.17) is 5.73 Å². The third kappa shape index (κ3) is 1.81. The van der Waals surface area contributed by atoms with Gasteiger partial charge in [-0.3, -0.25) is 9.78 Å². The summed E-state index contributed by atoms with van der Waals surface area (Å²) in [6, 6.07) is -0.555. The molecule has 0 atom stereocenters. The fourth-order valence-corrected chi connectivity index (χ4v) is 1.69. The highest BCUT2D eigenvalue weighted by Crippen LogP contribution is 2.32. The maximum Gasteiger partial charge on any atom is 0.449 e. The van der Waals surface area contributed by atoms with Crippen LogP contribution in [0.5, 0.6) is 0 Å². The van der Waals surface area contributed by atoms with Gasteiger partial charge in [0, 0.05) is 6.04 Å². The minimum absolute atomic E-state index is 0.168. The van der Waals surface area contributed by atoms with E-state index in [2.05, 4.69) is 15.0 Å². The van der Waals surface area contributed by atoms with Crippen LogP contribution in [0.2, 0.25) is 0 Å². The first kappa shape index (κ1) is 12.4. The summed E-state index contributed by atoms with van der Waals surface area (Å²) in [7, 11) is 0. The van der Waals surface area contributed by atoms with Crippen LogP contribution in [0.1, 0.15) is 25.7 Å². The summed E-state index contributed by atoms with van der Waals surface area (Å²) < 4.78 is 39.3. The number of hydrogen-bond donors (Lipinski definition) is 2. The van der Waals surface area contributed by atoms with E-state index in [9.17, 15) is 18.0 Å². The monoisotopic (exact) mass is 261 g/mol.